The quantitative estimate of drug-likeness (QED) is 0.223. The number of ether oxygens (including phenoxy) is 2. The Labute approximate surface area is 241 Å². The third kappa shape index (κ3) is 10.3. The zero-order chi connectivity index (χ0) is 29.2. The van der Waals surface area contributed by atoms with Gasteiger partial charge in [-0.2, -0.15) is 0 Å². The van der Waals surface area contributed by atoms with Crippen LogP contribution in [-0.2, 0) is 31.9 Å². The molecule has 2 aromatic rings. The van der Waals surface area contributed by atoms with Gasteiger partial charge in [0.1, 0.15) is 11.2 Å². The molecule has 0 saturated heterocycles. The molecule has 0 atom stereocenters. The molecule has 40 heavy (non-hydrogen) atoms. The van der Waals surface area contributed by atoms with Gasteiger partial charge in [-0.05, 0) is 115 Å². The van der Waals surface area contributed by atoms with Crippen molar-refractivity contribution in [1.29, 1.82) is 0 Å². The summed E-state index contributed by atoms with van der Waals surface area (Å²) in [4.78, 5) is 27.3. The highest BCUT2D eigenvalue weighted by atomic mass is 16.6. The van der Waals surface area contributed by atoms with E-state index in [1.165, 1.54) is 11.1 Å². The summed E-state index contributed by atoms with van der Waals surface area (Å²) in [7, 11) is 0. The van der Waals surface area contributed by atoms with E-state index in [0.717, 1.165) is 49.7 Å². The van der Waals surface area contributed by atoms with E-state index in [4.69, 9.17) is 9.47 Å². The number of esters is 2. The van der Waals surface area contributed by atoms with E-state index in [-0.39, 0.29) is 0 Å². The van der Waals surface area contributed by atoms with Crippen LogP contribution in [0.4, 0.5) is 0 Å². The average Bonchev–Trinajstić information content (AvgIpc) is 2.88. The van der Waals surface area contributed by atoms with Crippen LogP contribution < -0.4 is 0 Å². The molecule has 0 spiro atoms. The van der Waals surface area contributed by atoms with Crippen LogP contribution in [0.2, 0.25) is 0 Å². The van der Waals surface area contributed by atoms with Gasteiger partial charge >= 0.3 is 11.9 Å². The third-order valence-corrected chi connectivity index (χ3v) is 6.57. The van der Waals surface area contributed by atoms with Crippen molar-refractivity contribution < 1.29 is 19.1 Å². The lowest BCUT2D eigenvalue weighted by Gasteiger charge is -2.29. The molecular formula is C36H46O4. The first-order chi connectivity index (χ1) is 18.9. The lowest BCUT2D eigenvalue weighted by Crippen LogP contribution is -2.31. The number of benzene rings is 2. The van der Waals surface area contributed by atoms with Gasteiger partial charge in [0.05, 0.1) is 11.1 Å². The number of carbonyl (C=O) groups is 2. The van der Waals surface area contributed by atoms with Gasteiger partial charge in [0.2, 0.25) is 0 Å². The number of allylic oxidation sites excluding steroid dienone is 2. The van der Waals surface area contributed by atoms with Crippen LogP contribution >= 0.6 is 0 Å². The predicted molar refractivity (Wildman–Crippen MR) is 163 cm³/mol. The molecule has 0 heterocycles. The molecule has 0 radical (unpaired) electrons. The van der Waals surface area contributed by atoms with Crippen LogP contribution in [-0.4, -0.2) is 23.1 Å². The topological polar surface area (TPSA) is 52.6 Å². The Bertz CT molecular complexity index is 1120. The SMILES string of the molecule is CC(C)(C)OC(=O)C1=C(C(=O)OC(C)(C)C)C(=C/CCCc2ccccc2)/CC/C1=C/CCCc1ccccc1. The summed E-state index contributed by atoms with van der Waals surface area (Å²) < 4.78 is 11.7. The maximum Gasteiger partial charge on any atom is 0.339 e. The van der Waals surface area contributed by atoms with Crippen LogP contribution in [0.15, 0.2) is 95.1 Å². The van der Waals surface area contributed by atoms with Crippen LogP contribution in [0.5, 0.6) is 0 Å². The maximum atomic E-state index is 13.7. The molecule has 1 aliphatic rings. The molecule has 1 aliphatic carbocycles. The van der Waals surface area contributed by atoms with Gasteiger partial charge in [0.15, 0.2) is 0 Å². The van der Waals surface area contributed by atoms with E-state index in [1.54, 1.807) is 0 Å². The second-order valence-corrected chi connectivity index (χ2v) is 12.5. The fourth-order valence-corrected chi connectivity index (χ4v) is 4.83. The summed E-state index contributed by atoms with van der Waals surface area (Å²) in [5.41, 5.74) is 3.71. The molecule has 2 aromatic carbocycles. The Morgan fingerprint density at radius 2 is 0.975 bits per heavy atom. The van der Waals surface area contributed by atoms with Crippen molar-refractivity contribution in [1.82, 2.24) is 0 Å². The first kappa shape index (κ1) is 31.1. The Kier molecular flexibility index (Phi) is 11.1. The molecule has 3 rings (SSSR count). The smallest absolute Gasteiger partial charge is 0.339 e. The van der Waals surface area contributed by atoms with E-state index in [0.29, 0.717) is 24.0 Å². The van der Waals surface area contributed by atoms with Crippen molar-refractivity contribution in [2.24, 2.45) is 0 Å². The molecule has 0 amide bonds. The summed E-state index contributed by atoms with van der Waals surface area (Å²) in [6.07, 6.45) is 11.1. The van der Waals surface area contributed by atoms with Gasteiger partial charge < -0.3 is 9.47 Å². The van der Waals surface area contributed by atoms with E-state index in [1.807, 2.05) is 53.7 Å². The zero-order valence-electron chi connectivity index (χ0n) is 25.2. The van der Waals surface area contributed by atoms with Gasteiger partial charge in [-0.1, -0.05) is 72.8 Å². The second-order valence-electron chi connectivity index (χ2n) is 12.5. The summed E-state index contributed by atoms with van der Waals surface area (Å²) in [5, 5.41) is 0. The molecule has 4 nitrogen and oxygen atoms in total. The van der Waals surface area contributed by atoms with Gasteiger partial charge in [-0.15, -0.1) is 0 Å². The largest absolute Gasteiger partial charge is 0.456 e. The molecule has 0 saturated carbocycles. The molecular weight excluding hydrogens is 496 g/mol. The van der Waals surface area contributed by atoms with E-state index in [2.05, 4.69) is 60.7 Å². The monoisotopic (exact) mass is 542 g/mol. The highest BCUT2D eigenvalue weighted by Gasteiger charge is 2.35. The van der Waals surface area contributed by atoms with Gasteiger partial charge in [-0.25, -0.2) is 9.59 Å². The second kappa shape index (κ2) is 14.3. The number of rotatable bonds is 10. The normalized spacial score (nSPS) is 16.4. The number of aryl methyl sites for hydroxylation is 2. The molecule has 0 fully saturated rings. The average molecular weight is 543 g/mol. The summed E-state index contributed by atoms with van der Waals surface area (Å²) in [6.45, 7) is 11.1. The summed E-state index contributed by atoms with van der Waals surface area (Å²) >= 11 is 0. The van der Waals surface area contributed by atoms with Crippen molar-refractivity contribution in [2.75, 3.05) is 0 Å². The minimum Gasteiger partial charge on any atom is -0.456 e. The van der Waals surface area contributed by atoms with Crippen molar-refractivity contribution in [3.05, 3.63) is 106 Å². The molecule has 0 aliphatic heterocycles. The van der Waals surface area contributed by atoms with Gasteiger partial charge in [-0.3, -0.25) is 0 Å². The first-order valence-corrected chi connectivity index (χ1v) is 14.6. The molecule has 4 heteroatoms. The van der Waals surface area contributed by atoms with Crippen LogP contribution in [0.25, 0.3) is 0 Å². The molecule has 0 bridgehead atoms. The minimum absolute atomic E-state index is 0.365. The van der Waals surface area contributed by atoms with Gasteiger partial charge in [0, 0.05) is 0 Å². The lowest BCUT2D eigenvalue weighted by atomic mass is 9.82. The fourth-order valence-electron chi connectivity index (χ4n) is 4.83. The number of hydrogen-bond acceptors (Lipinski definition) is 4. The molecule has 0 aromatic heterocycles. The van der Waals surface area contributed by atoms with Crippen LogP contribution in [0.3, 0.4) is 0 Å². The van der Waals surface area contributed by atoms with E-state index < -0.39 is 23.1 Å². The number of unbranched alkanes of at least 4 members (excludes halogenated alkanes) is 2. The third-order valence-electron chi connectivity index (χ3n) is 6.57. The summed E-state index contributed by atoms with van der Waals surface area (Å²) in [6, 6.07) is 20.8. The standard InChI is InChI=1S/C36H46O4/c1-35(2,3)39-33(37)31-29(23-15-13-21-27-17-9-7-10-18-27)25-26-30(32(31)34(38)40-36(4,5)6)24-16-14-22-28-19-11-8-12-20-28/h7-12,17-20,23-24H,13-16,21-22,25-26H2,1-6H3/b29-23-,30-24+. The van der Waals surface area contributed by atoms with Crippen LogP contribution in [0.1, 0.15) is 91.2 Å². The Morgan fingerprint density at radius 3 is 1.30 bits per heavy atom. The highest BCUT2D eigenvalue weighted by molar-refractivity contribution is 6.07. The first-order valence-electron chi connectivity index (χ1n) is 14.6. The summed E-state index contributed by atoms with van der Waals surface area (Å²) in [5.74, 6) is -0.921. The van der Waals surface area contributed by atoms with Crippen molar-refractivity contribution in [3.63, 3.8) is 0 Å². The number of hydrogen-bond donors (Lipinski definition) is 0. The Balaban J connectivity index is 1.93. The minimum atomic E-state index is -0.682. The number of carbonyl (C=O) groups excluding carboxylic acids is 2. The molecule has 214 valence electrons. The van der Waals surface area contributed by atoms with E-state index >= 15 is 0 Å². The predicted octanol–water partition coefficient (Wildman–Crippen LogP) is 8.66. The zero-order valence-corrected chi connectivity index (χ0v) is 25.2. The molecule has 0 unspecified atom stereocenters. The fraction of sp³-hybridized carbons (Fsp3) is 0.444. The highest BCUT2D eigenvalue weighted by Crippen LogP contribution is 2.37. The van der Waals surface area contributed by atoms with Crippen LogP contribution in [0, 0.1) is 0 Å². The maximum absolute atomic E-state index is 13.7. The Morgan fingerprint density at radius 1 is 0.625 bits per heavy atom. The van der Waals surface area contributed by atoms with Gasteiger partial charge in [0.25, 0.3) is 0 Å². The molecule has 0 N–H and O–H groups in total. The van der Waals surface area contributed by atoms with Crippen molar-refractivity contribution >= 4 is 11.9 Å². The van der Waals surface area contributed by atoms with Crippen molar-refractivity contribution in [2.45, 2.75) is 104 Å². The lowest BCUT2D eigenvalue weighted by molar-refractivity contribution is -0.153. The Hall–Kier alpha value is -3.40. The van der Waals surface area contributed by atoms with E-state index in [9.17, 15) is 9.59 Å². The van der Waals surface area contributed by atoms with Crippen molar-refractivity contribution in [3.8, 4) is 0 Å².